The Bertz CT molecular complexity index is 1060. The van der Waals surface area contributed by atoms with Gasteiger partial charge in [-0.15, -0.1) is 5.10 Å². The Morgan fingerprint density at radius 2 is 1.83 bits per heavy atom. The van der Waals surface area contributed by atoms with Crippen molar-refractivity contribution >= 4 is 29.1 Å². The number of amides is 2. The van der Waals surface area contributed by atoms with Gasteiger partial charge in [-0.3, -0.25) is 9.59 Å². The molecular formula is C21H22ClN5O3. The summed E-state index contributed by atoms with van der Waals surface area (Å²) >= 11 is 6.22. The molecule has 2 amide bonds. The fourth-order valence-corrected chi connectivity index (χ4v) is 3.07. The Balaban J connectivity index is 1.73. The van der Waals surface area contributed by atoms with E-state index in [1.54, 1.807) is 30.8 Å². The molecule has 0 atom stereocenters. The van der Waals surface area contributed by atoms with E-state index in [1.165, 1.54) is 6.07 Å². The van der Waals surface area contributed by atoms with E-state index < -0.39 is 5.91 Å². The third-order valence-electron chi connectivity index (χ3n) is 4.45. The number of rotatable bonds is 7. The van der Waals surface area contributed by atoms with Crippen LogP contribution in [0.15, 0.2) is 42.5 Å². The first kappa shape index (κ1) is 21.5. The first-order chi connectivity index (χ1) is 14.4. The number of ether oxygens (including phenoxy) is 1. The molecule has 156 valence electrons. The quantitative estimate of drug-likeness (QED) is 0.564. The largest absolute Gasteiger partial charge is 0.383 e. The maximum absolute atomic E-state index is 12.7. The molecule has 3 aromatic rings. The van der Waals surface area contributed by atoms with E-state index >= 15 is 0 Å². The summed E-state index contributed by atoms with van der Waals surface area (Å²) in [5, 5.41) is 13.8. The maximum atomic E-state index is 12.7. The van der Waals surface area contributed by atoms with Gasteiger partial charge in [-0.25, -0.2) is 4.68 Å². The van der Waals surface area contributed by atoms with Crippen molar-refractivity contribution in [3.63, 3.8) is 0 Å². The van der Waals surface area contributed by atoms with Gasteiger partial charge in [0, 0.05) is 19.3 Å². The number of methoxy groups -OCH3 is 1. The van der Waals surface area contributed by atoms with Gasteiger partial charge in [0.05, 0.1) is 28.6 Å². The monoisotopic (exact) mass is 427 g/mol. The van der Waals surface area contributed by atoms with Crippen LogP contribution in [0.5, 0.6) is 0 Å². The minimum absolute atomic E-state index is 0.202. The van der Waals surface area contributed by atoms with Crippen LogP contribution in [0.1, 0.15) is 32.1 Å². The molecule has 0 spiro atoms. The lowest BCUT2D eigenvalue weighted by Gasteiger charge is -2.09. The summed E-state index contributed by atoms with van der Waals surface area (Å²) in [6, 6.07) is 12.4. The summed E-state index contributed by atoms with van der Waals surface area (Å²) in [6.45, 7) is 4.55. The van der Waals surface area contributed by atoms with Gasteiger partial charge in [0.1, 0.15) is 0 Å². The lowest BCUT2D eigenvalue weighted by atomic mass is 10.2. The Hall–Kier alpha value is -3.23. The maximum Gasteiger partial charge on any atom is 0.278 e. The van der Waals surface area contributed by atoms with Gasteiger partial charge in [0.15, 0.2) is 5.69 Å². The van der Waals surface area contributed by atoms with Crippen molar-refractivity contribution in [3.05, 3.63) is 70.0 Å². The number of aromatic nitrogens is 3. The molecule has 30 heavy (non-hydrogen) atoms. The predicted octanol–water partition coefficient (Wildman–Crippen LogP) is 3.17. The number of anilines is 1. The molecule has 0 aliphatic heterocycles. The van der Waals surface area contributed by atoms with E-state index in [1.807, 2.05) is 31.2 Å². The van der Waals surface area contributed by atoms with Crippen molar-refractivity contribution in [2.24, 2.45) is 0 Å². The lowest BCUT2D eigenvalue weighted by molar-refractivity contribution is 0.0936. The first-order valence-electron chi connectivity index (χ1n) is 9.28. The second-order valence-electron chi connectivity index (χ2n) is 6.67. The van der Waals surface area contributed by atoms with Gasteiger partial charge in [-0.1, -0.05) is 34.5 Å². The summed E-state index contributed by atoms with van der Waals surface area (Å²) in [7, 11) is 1.55. The zero-order valence-electron chi connectivity index (χ0n) is 16.9. The van der Waals surface area contributed by atoms with Crippen LogP contribution in [0.3, 0.4) is 0 Å². The molecule has 0 saturated heterocycles. The Morgan fingerprint density at radius 3 is 2.50 bits per heavy atom. The summed E-state index contributed by atoms with van der Waals surface area (Å²) in [6.07, 6.45) is 0. The van der Waals surface area contributed by atoms with Crippen molar-refractivity contribution in [2.75, 3.05) is 25.6 Å². The van der Waals surface area contributed by atoms with Gasteiger partial charge in [-0.05, 0) is 44.2 Å². The molecule has 0 radical (unpaired) electrons. The molecule has 0 aliphatic rings. The normalized spacial score (nSPS) is 10.7. The van der Waals surface area contributed by atoms with Crippen LogP contribution in [0.25, 0.3) is 5.69 Å². The number of aryl methyl sites for hydroxylation is 1. The van der Waals surface area contributed by atoms with E-state index in [0.717, 1.165) is 11.3 Å². The van der Waals surface area contributed by atoms with Crippen molar-refractivity contribution in [1.29, 1.82) is 0 Å². The second-order valence-corrected chi connectivity index (χ2v) is 7.08. The zero-order valence-corrected chi connectivity index (χ0v) is 17.7. The molecule has 1 heterocycles. The number of nitrogens with zero attached hydrogens (tertiary/aromatic N) is 3. The molecule has 1 aromatic heterocycles. The minimum atomic E-state index is -0.417. The number of hydrogen-bond donors (Lipinski definition) is 2. The molecule has 9 heteroatoms. The van der Waals surface area contributed by atoms with Crippen LogP contribution in [-0.4, -0.2) is 47.1 Å². The standard InChI is InChI=1S/C21H22ClN5O3/c1-13-4-7-16(8-5-13)27-14(2)19(25-26-27)21(29)24-15-6-9-17(18(22)12-15)20(28)23-10-11-30-3/h4-9,12H,10-11H2,1-3H3,(H,23,28)(H,24,29). The van der Waals surface area contributed by atoms with Crippen LogP contribution in [0.4, 0.5) is 5.69 Å². The van der Waals surface area contributed by atoms with Gasteiger partial charge >= 0.3 is 0 Å². The Morgan fingerprint density at radius 1 is 1.10 bits per heavy atom. The number of hydrogen-bond acceptors (Lipinski definition) is 5. The first-order valence-corrected chi connectivity index (χ1v) is 9.66. The van der Waals surface area contributed by atoms with E-state index in [0.29, 0.717) is 30.1 Å². The SMILES string of the molecule is COCCNC(=O)c1ccc(NC(=O)c2nnn(-c3ccc(C)cc3)c2C)cc1Cl. The molecule has 0 bridgehead atoms. The van der Waals surface area contributed by atoms with Crippen molar-refractivity contribution in [2.45, 2.75) is 13.8 Å². The zero-order chi connectivity index (χ0) is 21.7. The molecule has 2 aromatic carbocycles. The smallest absolute Gasteiger partial charge is 0.278 e. The predicted molar refractivity (Wildman–Crippen MR) is 114 cm³/mol. The van der Waals surface area contributed by atoms with Gasteiger partial charge in [-0.2, -0.15) is 0 Å². The van der Waals surface area contributed by atoms with Gasteiger partial charge < -0.3 is 15.4 Å². The third-order valence-corrected chi connectivity index (χ3v) is 4.76. The molecule has 0 unspecified atom stereocenters. The van der Waals surface area contributed by atoms with Crippen molar-refractivity contribution in [1.82, 2.24) is 20.3 Å². The second kappa shape index (κ2) is 9.51. The highest BCUT2D eigenvalue weighted by Gasteiger charge is 2.18. The summed E-state index contributed by atoms with van der Waals surface area (Å²) in [5.74, 6) is -0.731. The van der Waals surface area contributed by atoms with E-state index in [9.17, 15) is 9.59 Å². The van der Waals surface area contributed by atoms with Crippen LogP contribution < -0.4 is 10.6 Å². The van der Waals surface area contributed by atoms with Gasteiger partial charge in [0.25, 0.3) is 11.8 Å². The summed E-state index contributed by atoms with van der Waals surface area (Å²) in [5.41, 5.74) is 3.51. The number of nitrogens with one attached hydrogen (secondary N) is 2. The van der Waals surface area contributed by atoms with Crippen LogP contribution in [0.2, 0.25) is 5.02 Å². The average molecular weight is 428 g/mol. The van der Waals surface area contributed by atoms with Crippen LogP contribution >= 0.6 is 11.6 Å². The lowest BCUT2D eigenvalue weighted by Crippen LogP contribution is -2.27. The molecule has 8 nitrogen and oxygen atoms in total. The number of carbonyl (C=O) groups excluding carboxylic acids is 2. The van der Waals surface area contributed by atoms with Crippen LogP contribution in [0, 0.1) is 13.8 Å². The molecule has 2 N–H and O–H groups in total. The fourth-order valence-electron chi connectivity index (χ4n) is 2.80. The number of halogens is 1. The van der Waals surface area contributed by atoms with Crippen molar-refractivity contribution < 1.29 is 14.3 Å². The fraction of sp³-hybridized carbons (Fsp3) is 0.238. The topological polar surface area (TPSA) is 98.1 Å². The molecular weight excluding hydrogens is 406 g/mol. The number of carbonyl (C=O) groups is 2. The average Bonchev–Trinajstić information content (AvgIpc) is 3.10. The van der Waals surface area contributed by atoms with E-state index in [4.69, 9.17) is 16.3 Å². The summed E-state index contributed by atoms with van der Waals surface area (Å²) in [4.78, 5) is 24.8. The third kappa shape index (κ3) is 4.84. The molecule has 0 aliphatic carbocycles. The van der Waals surface area contributed by atoms with Gasteiger partial charge in [0.2, 0.25) is 0 Å². The highest BCUT2D eigenvalue weighted by atomic mass is 35.5. The number of benzene rings is 2. The molecule has 3 rings (SSSR count). The van der Waals surface area contributed by atoms with E-state index in [-0.39, 0.29) is 16.6 Å². The highest BCUT2D eigenvalue weighted by molar-refractivity contribution is 6.34. The van der Waals surface area contributed by atoms with Crippen molar-refractivity contribution in [3.8, 4) is 5.69 Å². The highest BCUT2D eigenvalue weighted by Crippen LogP contribution is 2.22. The Labute approximate surface area is 179 Å². The summed E-state index contributed by atoms with van der Waals surface area (Å²) < 4.78 is 6.51. The minimum Gasteiger partial charge on any atom is -0.383 e. The molecule has 0 fully saturated rings. The molecule has 0 saturated carbocycles. The van der Waals surface area contributed by atoms with E-state index in [2.05, 4.69) is 20.9 Å². The van der Waals surface area contributed by atoms with Crippen LogP contribution in [-0.2, 0) is 4.74 Å². The Kier molecular flexibility index (Phi) is 6.81.